The highest BCUT2D eigenvalue weighted by atomic mass is 35.5. The Morgan fingerprint density at radius 1 is 1.30 bits per heavy atom. The number of aromatic nitrogens is 2. The zero-order chi connectivity index (χ0) is 14.7. The predicted octanol–water partition coefficient (Wildman–Crippen LogP) is 3.43. The molecule has 4 nitrogen and oxygen atoms in total. The number of nitriles is 1. The zero-order valence-corrected chi connectivity index (χ0v) is 12.0. The molecular weight excluding hydrogens is 297 g/mol. The van der Waals surface area contributed by atoms with Crippen molar-refractivity contribution in [3.05, 3.63) is 61.0 Å². The summed E-state index contributed by atoms with van der Waals surface area (Å²) >= 11 is 12.1. The van der Waals surface area contributed by atoms with Gasteiger partial charge in [0.25, 0.3) is 5.56 Å². The smallest absolute Gasteiger partial charge is 0.267 e. The minimum atomic E-state index is -0.502. The number of rotatable bonds is 2. The van der Waals surface area contributed by atoms with E-state index in [-0.39, 0.29) is 5.56 Å². The van der Waals surface area contributed by atoms with Gasteiger partial charge in [-0.2, -0.15) is 10.4 Å². The normalized spacial score (nSPS) is 10.7. The van der Waals surface area contributed by atoms with Gasteiger partial charge in [0.05, 0.1) is 5.69 Å². The Hall–Kier alpha value is -2.09. The van der Waals surface area contributed by atoms with E-state index in [0.717, 1.165) is 0 Å². The number of nitrogens with one attached hydrogen (secondary N) is 1. The molecule has 1 aromatic heterocycles. The summed E-state index contributed by atoms with van der Waals surface area (Å²) in [5, 5.41) is 16.1. The van der Waals surface area contributed by atoms with Crippen molar-refractivity contribution in [3.8, 4) is 6.07 Å². The quantitative estimate of drug-likeness (QED) is 0.924. The van der Waals surface area contributed by atoms with Crippen molar-refractivity contribution >= 4 is 35.4 Å². The first-order valence-electron chi connectivity index (χ1n) is 5.66. The van der Waals surface area contributed by atoms with Crippen molar-refractivity contribution in [3.63, 3.8) is 0 Å². The summed E-state index contributed by atoms with van der Waals surface area (Å²) in [5.41, 5.74) is 1.19. The molecule has 0 aliphatic rings. The first-order valence-corrected chi connectivity index (χ1v) is 6.41. The zero-order valence-electron chi connectivity index (χ0n) is 10.4. The molecule has 0 aliphatic carbocycles. The first-order chi connectivity index (χ1) is 9.54. The van der Waals surface area contributed by atoms with Crippen molar-refractivity contribution in [2.45, 2.75) is 6.92 Å². The van der Waals surface area contributed by atoms with Crippen LogP contribution in [0.3, 0.4) is 0 Å². The van der Waals surface area contributed by atoms with Gasteiger partial charge < -0.3 is 0 Å². The topological polar surface area (TPSA) is 69.5 Å². The van der Waals surface area contributed by atoms with E-state index in [4.69, 9.17) is 28.5 Å². The molecule has 0 atom stereocenters. The van der Waals surface area contributed by atoms with Crippen LogP contribution in [0.4, 0.5) is 0 Å². The molecule has 100 valence electrons. The van der Waals surface area contributed by atoms with Crippen LogP contribution in [0, 0.1) is 18.3 Å². The van der Waals surface area contributed by atoms with Gasteiger partial charge in [0.15, 0.2) is 0 Å². The Bertz CT molecular complexity index is 768. The summed E-state index contributed by atoms with van der Waals surface area (Å²) in [6.45, 7) is 1.66. The summed E-state index contributed by atoms with van der Waals surface area (Å²) < 4.78 is 0. The van der Waals surface area contributed by atoms with E-state index in [1.807, 2.05) is 6.07 Å². The van der Waals surface area contributed by atoms with Gasteiger partial charge in [-0.1, -0.05) is 29.3 Å². The average Bonchev–Trinajstić information content (AvgIpc) is 2.41. The van der Waals surface area contributed by atoms with Crippen LogP contribution in [0.2, 0.25) is 10.0 Å². The standard InChI is InChI=1S/C14H9Cl2N3O/c1-8-10(7-17)14(20)19-18-13(8)6-5-9-11(15)3-2-4-12(9)16/h2-6H,1H3,(H,19,20)/b6-5+. The Kier molecular flexibility index (Phi) is 4.23. The Balaban J connectivity index is 2.48. The number of H-pyrrole nitrogens is 1. The van der Waals surface area contributed by atoms with Gasteiger partial charge in [-0.3, -0.25) is 4.79 Å². The van der Waals surface area contributed by atoms with Crippen LogP contribution in [0.1, 0.15) is 22.4 Å². The molecule has 1 heterocycles. The van der Waals surface area contributed by atoms with Crippen LogP contribution in [0.15, 0.2) is 23.0 Å². The highest BCUT2D eigenvalue weighted by Crippen LogP contribution is 2.26. The number of halogens is 2. The fourth-order valence-corrected chi connectivity index (χ4v) is 2.20. The third kappa shape index (κ3) is 2.74. The predicted molar refractivity (Wildman–Crippen MR) is 79.7 cm³/mol. The van der Waals surface area contributed by atoms with E-state index in [1.165, 1.54) is 0 Å². The van der Waals surface area contributed by atoms with E-state index in [9.17, 15) is 4.79 Å². The fourth-order valence-electron chi connectivity index (χ4n) is 1.68. The lowest BCUT2D eigenvalue weighted by molar-refractivity contribution is 0.952. The minimum absolute atomic E-state index is 0.0462. The first kappa shape index (κ1) is 14.3. The molecule has 0 saturated carbocycles. The molecule has 6 heteroatoms. The van der Waals surface area contributed by atoms with Crippen molar-refractivity contribution in [2.75, 3.05) is 0 Å². The van der Waals surface area contributed by atoms with Crippen molar-refractivity contribution in [2.24, 2.45) is 0 Å². The molecule has 0 fully saturated rings. The summed E-state index contributed by atoms with van der Waals surface area (Å²) in [4.78, 5) is 11.4. The third-order valence-electron chi connectivity index (χ3n) is 2.78. The van der Waals surface area contributed by atoms with Crippen LogP contribution in [0.5, 0.6) is 0 Å². The van der Waals surface area contributed by atoms with Gasteiger partial charge in [0, 0.05) is 15.6 Å². The number of hydrogen-bond donors (Lipinski definition) is 1. The van der Waals surface area contributed by atoms with Gasteiger partial charge in [-0.15, -0.1) is 0 Å². The largest absolute Gasteiger partial charge is 0.282 e. The molecule has 0 unspecified atom stereocenters. The summed E-state index contributed by atoms with van der Waals surface area (Å²) in [5.74, 6) is 0. The molecule has 1 aromatic carbocycles. The summed E-state index contributed by atoms with van der Waals surface area (Å²) in [6.07, 6.45) is 3.35. The number of benzene rings is 1. The van der Waals surface area contributed by atoms with E-state index in [2.05, 4.69) is 10.2 Å². The molecule has 0 amide bonds. The molecule has 2 aromatic rings. The van der Waals surface area contributed by atoms with E-state index >= 15 is 0 Å². The Morgan fingerprint density at radius 3 is 2.55 bits per heavy atom. The number of aromatic amines is 1. The van der Waals surface area contributed by atoms with Crippen LogP contribution in [-0.4, -0.2) is 10.2 Å². The molecule has 2 rings (SSSR count). The van der Waals surface area contributed by atoms with Gasteiger partial charge in [-0.05, 0) is 36.8 Å². The molecule has 0 bridgehead atoms. The highest BCUT2D eigenvalue weighted by molar-refractivity contribution is 6.37. The maximum Gasteiger partial charge on any atom is 0.282 e. The lowest BCUT2D eigenvalue weighted by atomic mass is 10.1. The minimum Gasteiger partial charge on any atom is -0.267 e. The Labute approximate surface area is 125 Å². The molecule has 20 heavy (non-hydrogen) atoms. The fraction of sp³-hybridized carbons (Fsp3) is 0.0714. The van der Waals surface area contributed by atoms with Crippen molar-refractivity contribution in [1.82, 2.24) is 10.2 Å². The van der Waals surface area contributed by atoms with Gasteiger partial charge in [-0.25, -0.2) is 5.10 Å². The van der Waals surface area contributed by atoms with Gasteiger partial charge in [0.1, 0.15) is 11.6 Å². The molecule has 0 aliphatic heterocycles. The van der Waals surface area contributed by atoms with Crippen LogP contribution in [0.25, 0.3) is 12.2 Å². The van der Waals surface area contributed by atoms with Gasteiger partial charge in [0.2, 0.25) is 0 Å². The second-order valence-electron chi connectivity index (χ2n) is 4.02. The molecule has 0 saturated heterocycles. The molecule has 0 radical (unpaired) electrons. The number of hydrogen-bond acceptors (Lipinski definition) is 3. The SMILES string of the molecule is Cc1c(/C=C/c2c(Cl)cccc2Cl)n[nH]c(=O)c1C#N. The Morgan fingerprint density at radius 2 is 1.95 bits per heavy atom. The van der Waals surface area contributed by atoms with E-state index in [1.54, 1.807) is 37.3 Å². The molecule has 0 spiro atoms. The molecular formula is C14H9Cl2N3O. The van der Waals surface area contributed by atoms with Crippen LogP contribution >= 0.6 is 23.2 Å². The lowest BCUT2D eigenvalue weighted by Crippen LogP contribution is -2.15. The summed E-state index contributed by atoms with van der Waals surface area (Å²) in [6, 6.07) is 7.05. The second kappa shape index (κ2) is 5.91. The monoisotopic (exact) mass is 305 g/mol. The lowest BCUT2D eigenvalue weighted by Gasteiger charge is -2.02. The van der Waals surface area contributed by atoms with Crippen LogP contribution < -0.4 is 5.56 Å². The summed E-state index contributed by atoms with van der Waals surface area (Å²) in [7, 11) is 0. The number of nitrogens with zero attached hydrogens (tertiary/aromatic N) is 2. The van der Waals surface area contributed by atoms with Gasteiger partial charge >= 0.3 is 0 Å². The van der Waals surface area contributed by atoms with Crippen LogP contribution in [-0.2, 0) is 0 Å². The van der Waals surface area contributed by atoms with E-state index in [0.29, 0.717) is 26.9 Å². The van der Waals surface area contributed by atoms with E-state index < -0.39 is 5.56 Å². The average molecular weight is 306 g/mol. The third-order valence-corrected chi connectivity index (χ3v) is 3.44. The highest BCUT2D eigenvalue weighted by Gasteiger charge is 2.08. The van der Waals surface area contributed by atoms with Crippen molar-refractivity contribution in [1.29, 1.82) is 5.26 Å². The maximum absolute atomic E-state index is 11.4. The maximum atomic E-state index is 11.4. The second-order valence-corrected chi connectivity index (χ2v) is 4.83. The molecule has 1 N–H and O–H groups in total. The van der Waals surface area contributed by atoms with Crippen molar-refractivity contribution < 1.29 is 0 Å².